The lowest BCUT2D eigenvalue weighted by molar-refractivity contribution is 0.184. The third-order valence-electron chi connectivity index (χ3n) is 6.17. The second kappa shape index (κ2) is 14.5. The van der Waals surface area contributed by atoms with Crippen LogP contribution in [0.25, 0.3) is 22.5 Å². The molecule has 0 spiro atoms. The number of ether oxygens (including phenoxy) is 1. The fraction of sp³-hybridized carbons (Fsp3) is 0.467. The summed E-state index contributed by atoms with van der Waals surface area (Å²) in [6.45, 7) is 4.43. The Balaban J connectivity index is 1.49. The third-order valence-corrected chi connectivity index (χ3v) is 6.17. The summed E-state index contributed by atoms with van der Waals surface area (Å²) < 4.78 is 19.4. The molecule has 0 aliphatic heterocycles. The van der Waals surface area contributed by atoms with Gasteiger partial charge in [-0.15, -0.1) is 0 Å². The lowest BCUT2D eigenvalue weighted by Gasteiger charge is -2.10. The number of benzene rings is 2. The zero-order valence-electron chi connectivity index (χ0n) is 20.8. The van der Waals surface area contributed by atoms with Crippen molar-refractivity contribution < 1.29 is 9.13 Å². The molecule has 182 valence electrons. The Morgan fingerprint density at radius 2 is 1.32 bits per heavy atom. The first kappa shape index (κ1) is 25.9. The summed E-state index contributed by atoms with van der Waals surface area (Å²) in [4.78, 5) is 9.15. The highest BCUT2D eigenvalue weighted by Gasteiger charge is 2.08. The highest BCUT2D eigenvalue weighted by molar-refractivity contribution is 5.64. The van der Waals surface area contributed by atoms with Crippen LogP contribution in [0, 0.1) is 0 Å². The van der Waals surface area contributed by atoms with E-state index in [9.17, 15) is 4.39 Å². The van der Waals surface area contributed by atoms with E-state index in [0.29, 0.717) is 12.2 Å². The number of aryl methyl sites for hydroxylation is 1. The van der Waals surface area contributed by atoms with E-state index in [-0.39, 0.29) is 6.61 Å². The Labute approximate surface area is 204 Å². The molecule has 1 aromatic heterocycles. The average Bonchev–Trinajstić information content (AvgIpc) is 2.89. The fourth-order valence-corrected chi connectivity index (χ4v) is 4.00. The molecule has 0 radical (unpaired) electrons. The number of alkyl halides is 1. The van der Waals surface area contributed by atoms with Crippen LogP contribution in [0.3, 0.4) is 0 Å². The van der Waals surface area contributed by atoms with Gasteiger partial charge in [-0.1, -0.05) is 95.2 Å². The van der Waals surface area contributed by atoms with E-state index in [1.807, 2.05) is 36.7 Å². The van der Waals surface area contributed by atoms with Crippen LogP contribution in [0.5, 0.6) is 5.75 Å². The summed E-state index contributed by atoms with van der Waals surface area (Å²) in [5.41, 5.74) is 4.37. The molecular weight excluding hydrogens is 423 g/mol. The van der Waals surface area contributed by atoms with Gasteiger partial charge in [-0.3, -0.25) is 0 Å². The molecule has 3 nitrogen and oxygen atoms in total. The average molecular weight is 463 g/mol. The van der Waals surface area contributed by atoms with Gasteiger partial charge >= 0.3 is 0 Å². The molecule has 0 saturated carbocycles. The number of unbranched alkanes of at least 4 members (excludes halogenated alkanes) is 6. The molecule has 0 N–H and O–H groups in total. The second-order valence-electron chi connectivity index (χ2n) is 9.08. The molecule has 1 unspecified atom stereocenters. The van der Waals surface area contributed by atoms with Crippen LogP contribution in [-0.2, 0) is 6.42 Å². The van der Waals surface area contributed by atoms with E-state index < -0.39 is 6.17 Å². The van der Waals surface area contributed by atoms with Crippen molar-refractivity contribution in [1.29, 1.82) is 0 Å². The van der Waals surface area contributed by atoms with E-state index in [2.05, 4.69) is 48.1 Å². The maximum atomic E-state index is 13.8. The quantitative estimate of drug-likeness (QED) is 0.212. The number of halogens is 1. The van der Waals surface area contributed by atoms with Crippen LogP contribution in [0.15, 0.2) is 60.9 Å². The Morgan fingerprint density at radius 1 is 0.706 bits per heavy atom. The summed E-state index contributed by atoms with van der Waals surface area (Å²) in [7, 11) is 0. The molecule has 1 atom stereocenters. The predicted octanol–water partition coefficient (Wildman–Crippen LogP) is 8.62. The molecule has 0 fully saturated rings. The number of hydrogen-bond acceptors (Lipinski definition) is 3. The molecule has 4 heteroatoms. The van der Waals surface area contributed by atoms with Crippen molar-refractivity contribution in [3.05, 3.63) is 66.5 Å². The van der Waals surface area contributed by atoms with Crippen LogP contribution in [-0.4, -0.2) is 22.7 Å². The summed E-state index contributed by atoms with van der Waals surface area (Å²) in [5.74, 6) is 1.41. The molecule has 0 aliphatic rings. The van der Waals surface area contributed by atoms with Crippen molar-refractivity contribution in [2.75, 3.05) is 6.61 Å². The number of aromatic nitrogens is 2. The number of rotatable bonds is 15. The Bertz CT molecular complexity index is 939. The molecule has 0 aliphatic carbocycles. The van der Waals surface area contributed by atoms with E-state index in [1.165, 1.54) is 44.1 Å². The Kier molecular flexibility index (Phi) is 11.0. The summed E-state index contributed by atoms with van der Waals surface area (Å²) in [6.07, 6.45) is 14.3. The van der Waals surface area contributed by atoms with Gasteiger partial charge in [-0.05, 0) is 42.5 Å². The second-order valence-corrected chi connectivity index (χ2v) is 9.08. The first-order chi connectivity index (χ1) is 16.7. The highest BCUT2D eigenvalue weighted by Crippen LogP contribution is 2.24. The molecule has 0 saturated heterocycles. The van der Waals surface area contributed by atoms with Gasteiger partial charge in [0.15, 0.2) is 5.82 Å². The number of nitrogens with zero attached hydrogens (tertiary/aromatic N) is 2. The molecular formula is C30H39FN2O. The smallest absolute Gasteiger partial charge is 0.159 e. The molecule has 3 aromatic rings. The van der Waals surface area contributed by atoms with Crippen molar-refractivity contribution in [2.45, 2.75) is 84.2 Å². The van der Waals surface area contributed by atoms with E-state index in [4.69, 9.17) is 4.74 Å². The van der Waals surface area contributed by atoms with Gasteiger partial charge in [0.05, 0.1) is 0 Å². The maximum Gasteiger partial charge on any atom is 0.159 e. The predicted molar refractivity (Wildman–Crippen MR) is 140 cm³/mol. The van der Waals surface area contributed by atoms with Gasteiger partial charge in [0.1, 0.15) is 18.5 Å². The van der Waals surface area contributed by atoms with Gasteiger partial charge in [0.25, 0.3) is 0 Å². The number of hydrogen-bond donors (Lipinski definition) is 0. The minimum Gasteiger partial charge on any atom is -0.491 e. The van der Waals surface area contributed by atoms with Crippen molar-refractivity contribution >= 4 is 0 Å². The normalized spacial score (nSPS) is 12.0. The maximum absolute atomic E-state index is 13.8. The van der Waals surface area contributed by atoms with Crippen LogP contribution < -0.4 is 4.74 Å². The first-order valence-corrected chi connectivity index (χ1v) is 13.0. The Hall–Kier alpha value is -2.75. The van der Waals surface area contributed by atoms with Crippen molar-refractivity contribution in [1.82, 2.24) is 9.97 Å². The van der Waals surface area contributed by atoms with Crippen LogP contribution in [0.4, 0.5) is 4.39 Å². The summed E-state index contributed by atoms with van der Waals surface area (Å²) in [6, 6.07) is 16.3. The lowest BCUT2D eigenvalue weighted by atomic mass is 10.0. The van der Waals surface area contributed by atoms with Gasteiger partial charge in [0.2, 0.25) is 0 Å². The summed E-state index contributed by atoms with van der Waals surface area (Å²) >= 11 is 0. The van der Waals surface area contributed by atoms with E-state index in [0.717, 1.165) is 41.8 Å². The third kappa shape index (κ3) is 8.55. The SMILES string of the molecule is CCCCCCCCc1ccc(-c2ncc(-c3ccc(OCC(F)CCCC)cc3)cn2)cc1. The van der Waals surface area contributed by atoms with Crippen molar-refractivity contribution in [3.63, 3.8) is 0 Å². The van der Waals surface area contributed by atoms with Gasteiger partial charge in [0, 0.05) is 23.5 Å². The van der Waals surface area contributed by atoms with Crippen LogP contribution in [0.1, 0.15) is 77.2 Å². The van der Waals surface area contributed by atoms with Crippen LogP contribution in [0.2, 0.25) is 0 Å². The molecule has 1 heterocycles. The summed E-state index contributed by atoms with van der Waals surface area (Å²) in [5, 5.41) is 0. The molecule has 3 rings (SSSR count). The van der Waals surface area contributed by atoms with Gasteiger partial charge in [-0.2, -0.15) is 0 Å². The zero-order valence-corrected chi connectivity index (χ0v) is 20.8. The molecule has 2 aromatic carbocycles. The largest absolute Gasteiger partial charge is 0.491 e. The monoisotopic (exact) mass is 462 g/mol. The molecule has 0 amide bonds. The zero-order chi connectivity index (χ0) is 24.0. The van der Waals surface area contributed by atoms with Crippen molar-refractivity contribution in [3.8, 4) is 28.3 Å². The first-order valence-electron chi connectivity index (χ1n) is 13.0. The highest BCUT2D eigenvalue weighted by atomic mass is 19.1. The van der Waals surface area contributed by atoms with E-state index >= 15 is 0 Å². The standard InChI is InChI=1S/C30H39FN2O/c1-3-5-7-8-9-10-11-24-13-15-26(16-14-24)30-32-21-27(22-33-30)25-17-19-29(20-18-25)34-23-28(31)12-6-4-2/h13-22,28H,3-12,23H2,1-2H3. The van der Waals surface area contributed by atoms with Crippen molar-refractivity contribution in [2.24, 2.45) is 0 Å². The molecule has 34 heavy (non-hydrogen) atoms. The lowest BCUT2D eigenvalue weighted by Crippen LogP contribution is -2.12. The minimum atomic E-state index is -0.912. The fourth-order valence-electron chi connectivity index (χ4n) is 4.00. The minimum absolute atomic E-state index is 0.106. The van der Waals surface area contributed by atoms with Gasteiger partial charge < -0.3 is 4.74 Å². The topological polar surface area (TPSA) is 35.0 Å². The molecule has 0 bridgehead atoms. The van der Waals surface area contributed by atoms with Gasteiger partial charge in [-0.25, -0.2) is 14.4 Å². The Morgan fingerprint density at radius 3 is 2.00 bits per heavy atom. The van der Waals surface area contributed by atoms with E-state index in [1.54, 1.807) is 0 Å². The van der Waals surface area contributed by atoms with Crippen LogP contribution >= 0.6 is 0 Å².